The summed E-state index contributed by atoms with van der Waals surface area (Å²) < 4.78 is 50.6. The number of alkyl halides is 3. The fourth-order valence-electron chi connectivity index (χ4n) is 3.51. The lowest BCUT2D eigenvalue weighted by Crippen LogP contribution is -2.43. The first-order chi connectivity index (χ1) is 15.7. The highest BCUT2D eigenvalue weighted by atomic mass is 19.4. The summed E-state index contributed by atoms with van der Waals surface area (Å²) in [6, 6.07) is 10.2. The van der Waals surface area contributed by atoms with E-state index in [4.69, 9.17) is 9.31 Å². The number of benzene rings is 2. The van der Waals surface area contributed by atoms with Crippen LogP contribution in [0.5, 0.6) is 0 Å². The molecule has 10 heteroatoms. The van der Waals surface area contributed by atoms with Gasteiger partial charge in [0, 0.05) is 6.42 Å². The molecule has 2 aromatic rings. The Balaban J connectivity index is 1.63. The molecule has 0 spiro atoms. The minimum Gasteiger partial charge on any atom is -0.480 e. The maximum atomic E-state index is 12.9. The Kier molecular flexibility index (Phi) is 7.14. The molecule has 1 aliphatic rings. The van der Waals surface area contributed by atoms with Gasteiger partial charge in [-0.05, 0) is 50.4 Å². The second-order valence-corrected chi connectivity index (χ2v) is 9.37. The average molecular weight is 477 g/mol. The van der Waals surface area contributed by atoms with Gasteiger partial charge in [-0.2, -0.15) is 13.2 Å². The summed E-state index contributed by atoms with van der Waals surface area (Å²) in [5.74, 6) is -1.92. The molecule has 0 aromatic heterocycles. The number of hydrogen-bond acceptors (Lipinski definition) is 4. The standard InChI is InChI=1S/C24H27BF3NO5/c1-22(2)23(3,4)34-25(33-22)18-10-8-15(9-11-18)13-19(21(31)32)29-20(30)14-16-6-5-7-17(12-16)24(26,27)28/h5-12,19H,13-14H2,1-4H3,(H,29,30)(H,31,32)/t19-/m0/s1. The average Bonchev–Trinajstić information content (AvgIpc) is 2.94. The molecule has 1 fully saturated rings. The van der Waals surface area contributed by atoms with Crippen molar-refractivity contribution in [1.82, 2.24) is 5.32 Å². The van der Waals surface area contributed by atoms with Gasteiger partial charge in [0.15, 0.2) is 0 Å². The molecule has 0 unspecified atom stereocenters. The summed E-state index contributed by atoms with van der Waals surface area (Å²) in [5, 5.41) is 11.9. The molecule has 0 bridgehead atoms. The van der Waals surface area contributed by atoms with Crippen molar-refractivity contribution in [2.24, 2.45) is 0 Å². The summed E-state index contributed by atoms with van der Waals surface area (Å²) in [6.07, 6.45) is -4.88. The van der Waals surface area contributed by atoms with Crippen LogP contribution in [0.3, 0.4) is 0 Å². The Bertz CT molecular complexity index is 1040. The Labute approximate surface area is 196 Å². The largest absolute Gasteiger partial charge is 0.494 e. The summed E-state index contributed by atoms with van der Waals surface area (Å²) in [5.41, 5.74) is -0.267. The molecule has 0 aliphatic carbocycles. The number of amides is 1. The molecule has 1 aliphatic heterocycles. The fraction of sp³-hybridized carbons (Fsp3) is 0.417. The first kappa shape index (κ1) is 25.8. The van der Waals surface area contributed by atoms with Crippen LogP contribution in [0.25, 0.3) is 0 Å². The lowest BCUT2D eigenvalue weighted by atomic mass is 9.78. The zero-order chi connectivity index (χ0) is 25.3. The number of rotatable bonds is 7. The predicted octanol–water partition coefficient (Wildman–Crippen LogP) is 3.36. The highest BCUT2D eigenvalue weighted by Gasteiger charge is 2.51. The van der Waals surface area contributed by atoms with Gasteiger partial charge in [0.05, 0.1) is 23.2 Å². The number of carboxylic acid groups (broad SMARTS) is 1. The molecule has 1 heterocycles. The van der Waals surface area contributed by atoms with Crippen LogP contribution in [0.1, 0.15) is 44.4 Å². The Morgan fingerprint density at radius 3 is 2.12 bits per heavy atom. The first-order valence-corrected chi connectivity index (χ1v) is 10.8. The van der Waals surface area contributed by atoms with Crippen LogP contribution in [-0.2, 0) is 37.9 Å². The third kappa shape index (κ3) is 5.98. The highest BCUT2D eigenvalue weighted by molar-refractivity contribution is 6.62. The normalized spacial score (nSPS) is 17.9. The number of hydrogen-bond donors (Lipinski definition) is 2. The zero-order valence-corrected chi connectivity index (χ0v) is 19.4. The van der Waals surface area contributed by atoms with E-state index in [-0.39, 0.29) is 18.4 Å². The summed E-state index contributed by atoms with van der Waals surface area (Å²) >= 11 is 0. The van der Waals surface area contributed by atoms with Crippen LogP contribution in [0.2, 0.25) is 0 Å². The van der Waals surface area contributed by atoms with E-state index in [1.807, 2.05) is 27.7 Å². The van der Waals surface area contributed by atoms with Crippen molar-refractivity contribution < 1.29 is 37.2 Å². The van der Waals surface area contributed by atoms with E-state index in [0.717, 1.165) is 17.6 Å². The van der Waals surface area contributed by atoms with Crippen LogP contribution in [0, 0.1) is 0 Å². The summed E-state index contributed by atoms with van der Waals surface area (Å²) in [4.78, 5) is 24.0. The van der Waals surface area contributed by atoms with Crippen LogP contribution in [0.4, 0.5) is 13.2 Å². The van der Waals surface area contributed by atoms with Gasteiger partial charge in [-0.15, -0.1) is 0 Å². The maximum absolute atomic E-state index is 12.9. The van der Waals surface area contributed by atoms with Crippen LogP contribution < -0.4 is 10.8 Å². The van der Waals surface area contributed by atoms with Gasteiger partial charge >= 0.3 is 19.3 Å². The van der Waals surface area contributed by atoms with Gasteiger partial charge in [0.1, 0.15) is 6.04 Å². The monoisotopic (exact) mass is 477 g/mol. The van der Waals surface area contributed by atoms with Gasteiger partial charge in [0.25, 0.3) is 0 Å². The van der Waals surface area contributed by atoms with Crippen molar-refractivity contribution >= 4 is 24.5 Å². The Hall–Kier alpha value is -2.85. The number of carbonyl (C=O) groups is 2. The second kappa shape index (κ2) is 9.42. The molecule has 34 heavy (non-hydrogen) atoms. The molecule has 1 atom stereocenters. The summed E-state index contributed by atoms with van der Waals surface area (Å²) in [6.45, 7) is 7.78. The molecule has 3 rings (SSSR count). The van der Waals surface area contributed by atoms with Crippen molar-refractivity contribution in [3.8, 4) is 0 Å². The molecule has 1 saturated heterocycles. The van der Waals surface area contributed by atoms with Crippen molar-refractivity contribution in [1.29, 1.82) is 0 Å². The minimum atomic E-state index is -4.53. The van der Waals surface area contributed by atoms with Crippen LogP contribution >= 0.6 is 0 Å². The Morgan fingerprint density at radius 2 is 1.59 bits per heavy atom. The number of halogens is 3. The SMILES string of the molecule is CC1(C)OB(c2ccc(C[C@H](NC(=O)Cc3cccc(C(F)(F)F)c3)C(=O)O)cc2)OC1(C)C. The molecular weight excluding hydrogens is 450 g/mol. The van der Waals surface area contributed by atoms with Gasteiger partial charge in [0.2, 0.25) is 5.91 Å². The lowest BCUT2D eigenvalue weighted by molar-refractivity contribution is -0.141. The topological polar surface area (TPSA) is 84.9 Å². The minimum absolute atomic E-state index is 0.00725. The van der Waals surface area contributed by atoms with Crippen molar-refractivity contribution in [2.75, 3.05) is 0 Å². The van der Waals surface area contributed by atoms with Crippen molar-refractivity contribution in [3.63, 3.8) is 0 Å². The third-order valence-corrected chi connectivity index (χ3v) is 6.20. The second-order valence-electron chi connectivity index (χ2n) is 9.37. The van der Waals surface area contributed by atoms with Gasteiger partial charge in [-0.25, -0.2) is 4.79 Å². The third-order valence-electron chi connectivity index (χ3n) is 6.20. The highest BCUT2D eigenvalue weighted by Crippen LogP contribution is 2.36. The smallest absolute Gasteiger partial charge is 0.480 e. The fourth-order valence-corrected chi connectivity index (χ4v) is 3.51. The van der Waals surface area contributed by atoms with E-state index in [9.17, 15) is 27.9 Å². The number of aliphatic carboxylic acids is 1. The summed E-state index contributed by atoms with van der Waals surface area (Å²) in [7, 11) is -0.554. The maximum Gasteiger partial charge on any atom is 0.494 e. The van der Waals surface area contributed by atoms with Gasteiger partial charge < -0.3 is 19.7 Å². The molecule has 1 amide bonds. The van der Waals surface area contributed by atoms with E-state index in [1.165, 1.54) is 12.1 Å². The quantitative estimate of drug-likeness (QED) is 0.598. The molecule has 182 valence electrons. The molecule has 6 nitrogen and oxygen atoms in total. The molecule has 0 radical (unpaired) electrons. The van der Waals surface area contributed by atoms with Crippen molar-refractivity contribution in [2.45, 2.75) is 64.0 Å². The first-order valence-electron chi connectivity index (χ1n) is 10.8. The van der Waals surface area contributed by atoms with Crippen LogP contribution in [0.15, 0.2) is 48.5 Å². The Morgan fingerprint density at radius 1 is 1.00 bits per heavy atom. The molecule has 2 N–H and O–H groups in total. The van der Waals surface area contributed by atoms with E-state index in [2.05, 4.69) is 5.32 Å². The number of nitrogens with one attached hydrogen (secondary N) is 1. The van der Waals surface area contributed by atoms with Crippen LogP contribution in [-0.4, -0.2) is 41.3 Å². The van der Waals surface area contributed by atoms with Crippen molar-refractivity contribution in [3.05, 3.63) is 65.2 Å². The van der Waals surface area contributed by atoms with E-state index in [1.54, 1.807) is 24.3 Å². The number of carboxylic acids is 1. The van der Waals surface area contributed by atoms with E-state index in [0.29, 0.717) is 5.56 Å². The van der Waals surface area contributed by atoms with Gasteiger partial charge in [-0.1, -0.05) is 42.5 Å². The van der Waals surface area contributed by atoms with E-state index < -0.39 is 48.0 Å². The molecular formula is C24H27BF3NO5. The molecule has 0 saturated carbocycles. The van der Waals surface area contributed by atoms with E-state index >= 15 is 0 Å². The number of carbonyl (C=O) groups excluding carboxylic acids is 1. The predicted molar refractivity (Wildman–Crippen MR) is 121 cm³/mol. The lowest BCUT2D eigenvalue weighted by Gasteiger charge is -2.32. The zero-order valence-electron chi connectivity index (χ0n) is 19.4. The molecule has 2 aromatic carbocycles. The van der Waals surface area contributed by atoms with Gasteiger partial charge in [-0.3, -0.25) is 4.79 Å².